The van der Waals surface area contributed by atoms with Gasteiger partial charge in [0.1, 0.15) is 5.82 Å². The van der Waals surface area contributed by atoms with E-state index >= 15 is 0 Å². The lowest BCUT2D eigenvalue weighted by molar-refractivity contribution is -0.137. The smallest absolute Gasteiger partial charge is 0.355 e. The number of hydrogen-bond donors (Lipinski definition) is 1. The zero-order valence-corrected chi connectivity index (χ0v) is 17.9. The van der Waals surface area contributed by atoms with Gasteiger partial charge < -0.3 is 4.90 Å². The van der Waals surface area contributed by atoms with Gasteiger partial charge in [-0.25, -0.2) is 9.67 Å². The predicted octanol–water partition coefficient (Wildman–Crippen LogP) is 4.50. The normalized spacial score (nSPS) is 15.8. The molecule has 2 aromatic heterocycles. The average Bonchev–Trinajstić information content (AvgIpc) is 2.95. The van der Waals surface area contributed by atoms with E-state index in [4.69, 9.17) is 12.2 Å². The monoisotopic (exact) mass is 448 g/mol. The van der Waals surface area contributed by atoms with Gasteiger partial charge >= 0.3 is 6.18 Å². The zero-order valence-electron chi connectivity index (χ0n) is 17.1. The molecule has 0 bridgehead atoms. The van der Waals surface area contributed by atoms with E-state index in [1.165, 1.54) is 11.6 Å². The van der Waals surface area contributed by atoms with Crippen LogP contribution >= 0.6 is 12.2 Å². The molecule has 1 aliphatic heterocycles. The Morgan fingerprint density at radius 1 is 1.03 bits per heavy atom. The molecule has 4 rings (SSSR count). The van der Waals surface area contributed by atoms with Crippen LogP contribution in [0.4, 0.5) is 19.0 Å². The van der Waals surface area contributed by atoms with Crippen LogP contribution in [0.1, 0.15) is 17.5 Å². The van der Waals surface area contributed by atoms with Crippen LogP contribution in [0.15, 0.2) is 42.6 Å². The maximum absolute atomic E-state index is 12.8. The summed E-state index contributed by atoms with van der Waals surface area (Å²) in [6.07, 6.45) is -2.61. The summed E-state index contributed by atoms with van der Waals surface area (Å²) in [5, 5.41) is 3.28. The molecule has 31 heavy (non-hydrogen) atoms. The maximum Gasteiger partial charge on any atom is 0.417 e. The van der Waals surface area contributed by atoms with Gasteiger partial charge in [-0.2, -0.15) is 18.2 Å². The third-order valence-corrected chi connectivity index (χ3v) is 5.65. The van der Waals surface area contributed by atoms with Crippen molar-refractivity contribution in [2.75, 3.05) is 31.1 Å². The van der Waals surface area contributed by atoms with Crippen molar-refractivity contribution in [3.05, 3.63) is 58.5 Å². The first-order chi connectivity index (χ1) is 14.8. The molecule has 1 fully saturated rings. The number of aromatic nitrogens is 4. The lowest BCUT2D eigenvalue weighted by Gasteiger charge is -2.23. The molecular formula is C21H23F3N6S. The van der Waals surface area contributed by atoms with E-state index in [-0.39, 0.29) is 0 Å². The van der Waals surface area contributed by atoms with Gasteiger partial charge in [0.15, 0.2) is 5.82 Å². The highest BCUT2D eigenvalue weighted by atomic mass is 32.1. The Bertz CT molecular complexity index is 1070. The third-order valence-electron chi connectivity index (χ3n) is 5.33. The third kappa shape index (κ3) is 5.13. The molecule has 0 radical (unpaired) electrons. The van der Waals surface area contributed by atoms with Gasteiger partial charge in [-0.1, -0.05) is 29.8 Å². The lowest BCUT2D eigenvalue weighted by Crippen LogP contribution is -2.32. The molecule has 0 unspecified atom stereocenters. The van der Waals surface area contributed by atoms with E-state index in [1.54, 1.807) is 0 Å². The van der Waals surface area contributed by atoms with Crippen molar-refractivity contribution in [1.82, 2.24) is 24.6 Å². The minimum atomic E-state index is -4.37. The van der Waals surface area contributed by atoms with Crippen LogP contribution in [0.2, 0.25) is 0 Å². The summed E-state index contributed by atoms with van der Waals surface area (Å²) in [6.45, 7) is 5.60. The molecule has 0 amide bonds. The lowest BCUT2D eigenvalue weighted by atomic mass is 10.1. The number of hydrogen-bond acceptors (Lipinski definition) is 5. The first kappa shape index (κ1) is 21.5. The van der Waals surface area contributed by atoms with Gasteiger partial charge in [0.05, 0.1) is 12.2 Å². The second kappa shape index (κ2) is 8.80. The summed E-state index contributed by atoms with van der Waals surface area (Å²) in [5.74, 6) is 1.30. The summed E-state index contributed by atoms with van der Waals surface area (Å²) in [4.78, 5) is 12.8. The number of aryl methyl sites for hydroxylation is 1. The van der Waals surface area contributed by atoms with Crippen molar-refractivity contribution in [2.24, 2.45) is 0 Å². The van der Waals surface area contributed by atoms with Crippen LogP contribution in [0.25, 0.3) is 11.4 Å². The van der Waals surface area contributed by atoms with Gasteiger partial charge in [0.2, 0.25) is 4.77 Å². The van der Waals surface area contributed by atoms with Crippen LogP contribution in [-0.4, -0.2) is 50.8 Å². The van der Waals surface area contributed by atoms with Gasteiger partial charge in [-0.05, 0) is 37.7 Å². The zero-order chi connectivity index (χ0) is 22.0. The van der Waals surface area contributed by atoms with Crippen molar-refractivity contribution in [3.8, 4) is 11.4 Å². The van der Waals surface area contributed by atoms with Crippen LogP contribution in [0.5, 0.6) is 0 Å². The Labute approximate surface area is 183 Å². The number of rotatable bonds is 4. The minimum absolute atomic E-state index is 0.487. The first-order valence-electron chi connectivity index (χ1n) is 10.0. The summed E-state index contributed by atoms with van der Waals surface area (Å²) in [7, 11) is 0. The SMILES string of the molecule is Cc1ccc(-c2nc(=S)n(CN3CCCN(c4ccc(C(F)(F)F)cn4)CC3)[nH]2)cc1. The molecule has 1 N–H and O–H groups in total. The minimum Gasteiger partial charge on any atom is -0.355 e. The molecule has 0 aliphatic carbocycles. The highest BCUT2D eigenvalue weighted by molar-refractivity contribution is 7.71. The fourth-order valence-corrected chi connectivity index (χ4v) is 3.77. The fraction of sp³-hybridized carbons (Fsp3) is 0.381. The molecular weight excluding hydrogens is 425 g/mol. The summed E-state index contributed by atoms with van der Waals surface area (Å²) in [5.41, 5.74) is 1.43. The van der Waals surface area contributed by atoms with Crippen molar-refractivity contribution < 1.29 is 13.2 Å². The molecule has 0 atom stereocenters. The Hall–Kier alpha value is -2.72. The molecule has 0 saturated carbocycles. The van der Waals surface area contributed by atoms with Crippen LogP contribution in [0, 0.1) is 11.7 Å². The quantitative estimate of drug-likeness (QED) is 0.596. The molecule has 3 heterocycles. The second-order valence-corrected chi connectivity index (χ2v) is 8.02. The molecule has 0 spiro atoms. The Balaban J connectivity index is 1.40. The van der Waals surface area contributed by atoms with Crippen molar-refractivity contribution in [3.63, 3.8) is 0 Å². The highest BCUT2D eigenvalue weighted by Gasteiger charge is 2.31. The number of nitrogens with zero attached hydrogens (tertiary/aromatic N) is 5. The number of nitrogens with one attached hydrogen (secondary N) is 1. The highest BCUT2D eigenvalue weighted by Crippen LogP contribution is 2.29. The Morgan fingerprint density at radius 2 is 1.81 bits per heavy atom. The molecule has 3 aromatic rings. The summed E-state index contributed by atoms with van der Waals surface area (Å²) < 4.78 is 40.6. The molecule has 1 aromatic carbocycles. The van der Waals surface area contributed by atoms with E-state index < -0.39 is 11.7 Å². The van der Waals surface area contributed by atoms with Gasteiger partial charge in [0.25, 0.3) is 0 Å². The second-order valence-electron chi connectivity index (χ2n) is 7.65. The predicted molar refractivity (Wildman–Crippen MR) is 115 cm³/mol. The largest absolute Gasteiger partial charge is 0.417 e. The van der Waals surface area contributed by atoms with Crippen LogP contribution in [0.3, 0.4) is 0 Å². The molecule has 6 nitrogen and oxygen atoms in total. The van der Waals surface area contributed by atoms with Gasteiger partial charge in [-0.15, -0.1) is 0 Å². The van der Waals surface area contributed by atoms with Crippen molar-refractivity contribution in [1.29, 1.82) is 0 Å². The Morgan fingerprint density at radius 3 is 2.48 bits per heavy atom. The number of aromatic amines is 1. The molecule has 1 aliphatic rings. The number of alkyl halides is 3. The van der Waals surface area contributed by atoms with Crippen LogP contribution < -0.4 is 4.90 Å². The number of H-pyrrole nitrogens is 1. The molecule has 10 heteroatoms. The van der Waals surface area contributed by atoms with Crippen LogP contribution in [-0.2, 0) is 12.8 Å². The molecule has 164 valence electrons. The summed E-state index contributed by atoms with van der Waals surface area (Å²) in [6, 6.07) is 10.6. The first-order valence-corrected chi connectivity index (χ1v) is 10.4. The van der Waals surface area contributed by atoms with Gasteiger partial charge in [-0.3, -0.25) is 10.00 Å². The molecule has 1 saturated heterocycles. The van der Waals surface area contributed by atoms with E-state index in [1.807, 2.05) is 40.8 Å². The van der Waals surface area contributed by atoms with E-state index in [9.17, 15) is 13.2 Å². The number of benzene rings is 1. The Kier molecular flexibility index (Phi) is 6.10. The maximum atomic E-state index is 12.8. The standard InChI is InChI=1S/C21H23F3N6S/c1-15-3-5-16(6-4-15)19-26-20(31)30(27-19)14-28-9-2-10-29(12-11-28)18-8-7-17(13-25-18)21(22,23)24/h3-8,13H,2,9-12,14H2,1H3,(H,26,27,31). The van der Waals surface area contributed by atoms with Crippen molar-refractivity contribution in [2.45, 2.75) is 26.2 Å². The fourth-order valence-electron chi connectivity index (χ4n) is 3.58. The van der Waals surface area contributed by atoms with Crippen molar-refractivity contribution >= 4 is 18.0 Å². The van der Waals surface area contributed by atoms with Gasteiger partial charge in [0, 0.05) is 37.9 Å². The number of anilines is 1. The topological polar surface area (TPSA) is 53.0 Å². The number of halogens is 3. The average molecular weight is 449 g/mol. The summed E-state index contributed by atoms with van der Waals surface area (Å²) >= 11 is 5.42. The van der Waals surface area contributed by atoms with E-state index in [0.29, 0.717) is 23.8 Å². The van der Waals surface area contributed by atoms with E-state index in [2.05, 4.69) is 20.0 Å². The number of pyridine rings is 1. The van der Waals surface area contributed by atoms with E-state index in [0.717, 1.165) is 49.7 Å².